The summed E-state index contributed by atoms with van der Waals surface area (Å²) < 4.78 is 0. The van der Waals surface area contributed by atoms with Crippen molar-refractivity contribution in [2.75, 3.05) is 23.7 Å². The molecule has 4 heteroatoms. The van der Waals surface area contributed by atoms with Gasteiger partial charge in [0.1, 0.15) is 0 Å². The number of nitrogen functional groups attached to an aromatic ring is 1. The first-order chi connectivity index (χ1) is 8.39. The number of anilines is 2. The molecule has 1 aliphatic heterocycles. The Hall–Kier alpha value is -1.71. The molecule has 0 radical (unpaired) electrons. The van der Waals surface area contributed by atoms with Gasteiger partial charge in [-0.2, -0.15) is 0 Å². The third kappa shape index (κ3) is 2.58. The molecule has 1 aromatic carbocycles. The summed E-state index contributed by atoms with van der Waals surface area (Å²) in [6, 6.07) is 5.21. The van der Waals surface area contributed by atoms with Crippen LogP contribution in [0.3, 0.4) is 0 Å². The van der Waals surface area contributed by atoms with E-state index in [2.05, 4.69) is 18.7 Å². The van der Waals surface area contributed by atoms with Gasteiger partial charge >= 0.3 is 5.97 Å². The quantitative estimate of drug-likeness (QED) is 0.789. The van der Waals surface area contributed by atoms with Crippen LogP contribution in [-0.4, -0.2) is 24.2 Å². The molecule has 18 heavy (non-hydrogen) atoms. The first-order valence-corrected chi connectivity index (χ1v) is 6.27. The van der Waals surface area contributed by atoms with Crippen LogP contribution in [0.25, 0.3) is 0 Å². The second kappa shape index (κ2) is 4.52. The summed E-state index contributed by atoms with van der Waals surface area (Å²) in [6.07, 6.45) is 2.39. The minimum Gasteiger partial charge on any atom is -0.478 e. The van der Waals surface area contributed by atoms with E-state index in [1.807, 2.05) is 6.07 Å². The number of nitrogens with zero attached hydrogens (tertiary/aromatic N) is 1. The van der Waals surface area contributed by atoms with Gasteiger partial charge < -0.3 is 15.7 Å². The Bertz CT molecular complexity index is 469. The van der Waals surface area contributed by atoms with Crippen molar-refractivity contribution in [2.45, 2.75) is 26.7 Å². The molecule has 0 atom stereocenters. The van der Waals surface area contributed by atoms with Crippen LogP contribution in [0.4, 0.5) is 11.4 Å². The fourth-order valence-electron chi connectivity index (χ4n) is 2.59. The van der Waals surface area contributed by atoms with Crippen LogP contribution >= 0.6 is 0 Å². The summed E-state index contributed by atoms with van der Waals surface area (Å²) in [6.45, 7) is 6.51. The molecule has 0 saturated carbocycles. The molecule has 1 saturated heterocycles. The lowest BCUT2D eigenvalue weighted by molar-refractivity contribution is 0.0698. The summed E-state index contributed by atoms with van der Waals surface area (Å²) in [5, 5.41) is 8.96. The lowest BCUT2D eigenvalue weighted by atomic mass is 9.84. The van der Waals surface area contributed by atoms with E-state index in [1.54, 1.807) is 12.1 Å². The highest BCUT2D eigenvalue weighted by molar-refractivity contribution is 5.94. The molecule has 3 N–H and O–H groups in total. The van der Waals surface area contributed by atoms with E-state index < -0.39 is 5.97 Å². The highest BCUT2D eigenvalue weighted by Gasteiger charge is 2.26. The van der Waals surface area contributed by atoms with Gasteiger partial charge in [0, 0.05) is 24.5 Å². The fraction of sp³-hybridized carbons (Fsp3) is 0.500. The van der Waals surface area contributed by atoms with Gasteiger partial charge in [-0.15, -0.1) is 0 Å². The lowest BCUT2D eigenvalue weighted by Crippen LogP contribution is -2.40. The zero-order valence-corrected chi connectivity index (χ0v) is 10.9. The smallest absolute Gasteiger partial charge is 0.337 e. The van der Waals surface area contributed by atoms with Crippen molar-refractivity contribution >= 4 is 17.3 Å². The van der Waals surface area contributed by atoms with Gasteiger partial charge in [0.2, 0.25) is 0 Å². The Morgan fingerprint density at radius 1 is 1.44 bits per heavy atom. The van der Waals surface area contributed by atoms with Crippen LogP contribution in [0.5, 0.6) is 0 Å². The Morgan fingerprint density at radius 3 is 2.72 bits per heavy atom. The Labute approximate surface area is 107 Å². The first-order valence-electron chi connectivity index (χ1n) is 6.27. The number of nitrogens with two attached hydrogens (primary N) is 1. The van der Waals surface area contributed by atoms with E-state index >= 15 is 0 Å². The molecule has 1 aromatic rings. The maximum atomic E-state index is 10.9. The number of hydrogen-bond donors (Lipinski definition) is 2. The topological polar surface area (TPSA) is 66.6 Å². The van der Waals surface area contributed by atoms with Crippen LogP contribution in [0.1, 0.15) is 37.0 Å². The van der Waals surface area contributed by atoms with Gasteiger partial charge in [-0.25, -0.2) is 4.79 Å². The van der Waals surface area contributed by atoms with Gasteiger partial charge in [-0.05, 0) is 36.5 Å². The monoisotopic (exact) mass is 248 g/mol. The van der Waals surface area contributed by atoms with E-state index in [4.69, 9.17) is 10.8 Å². The molecular weight excluding hydrogens is 228 g/mol. The largest absolute Gasteiger partial charge is 0.478 e. The second-order valence-corrected chi connectivity index (χ2v) is 5.77. The lowest BCUT2D eigenvalue weighted by Gasteiger charge is -2.39. The molecule has 1 fully saturated rings. The predicted octanol–water partition coefficient (Wildman–Crippen LogP) is 2.59. The third-order valence-corrected chi connectivity index (χ3v) is 3.53. The summed E-state index contributed by atoms with van der Waals surface area (Å²) in [4.78, 5) is 13.2. The van der Waals surface area contributed by atoms with Crippen LogP contribution in [0.15, 0.2) is 18.2 Å². The molecule has 0 amide bonds. The van der Waals surface area contributed by atoms with E-state index in [0.29, 0.717) is 11.1 Å². The van der Waals surface area contributed by atoms with E-state index in [1.165, 1.54) is 6.42 Å². The standard InChI is InChI=1S/C14H20N2O2/c1-14(2)6-3-7-16(9-14)10-4-5-11(13(17)18)12(15)8-10/h4-5,8H,3,6-7,9,15H2,1-2H3,(H,17,18). The summed E-state index contributed by atoms with van der Waals surface area (Å²) in [5.41, 5.74) is 7.62. The summed E-state index contributed by atoms with van der Waals surface area (Å²) >= 11 is 0. The summed E-state index contributed by atoms with van der Waals surface area (Å²) in [7, 11) is 0. The molecule has 1 heterocycles. The molecular formula is C14H20N2O2. The Kier molecular flexibility index (Phi) is 3.20. The van der Waals surface area contributed by atoms with Gasteiger partial charge in [0.25, 0.3) is 0 Å². The van der Waals surface area contributed by atoms with Gasteiger partial charge in [-0.3, -0.25) is 0 Å². The van der Waals surface area contributed by atoms with Gasteiger partial charge in [0.05, 0.1) is 5.56 Å². The van der Waals surface area contributed by atoms with E-state index in [-0.39, 0.29) is 5.56 Å². The van der Waals surface area contributed by atoms with Crippen molar-refractivity contribution in [3.8, 4) is 0 Å². The van der Waals surface area contributed by atoms with Crippen LogP contribution in [0.2, 0.25) is 0 Å². The number of aromatic carboxylic acids is 1. The highest BCUT2D eigenvalue weighted by atomic mass is 16.4. The number of carboxylic acid groups (broad SMARTS) is 1. The Morgan fingerprint density at radius 2 is 2.17 bits per heavy atom. The second-order valence-electron chi connectivity index (χ2n) is 5.77. The highest BCUT2D eigenvalue weighted by Crippen LogP contribution is 2.32. The minimum absolute atomic E-state index is 0.176. The van der Waals surface area contributed by atoms with Crippen molar-refractivity contribution < 1.29 is 9.90 Å². The molecule has 0 aliphatic carbocycles. The van der Waals surface area contributed by atoms with E-state index in [0.717, 1.165) is 25.2 Å². The number of benzene rings is 1. The zero-order valence-electron chi connectivity index (χ0n) is 10.9. The number of carbonyl (C=O) groups is 1. The molecule has 98 valence electrons. The zero-order chi connectivity index (χ0) is 13.3. The molecule has 0 unspecified atom stereocenters. The van der Waals surface area contributed by atoms with Crippen LogP contribution in [0, 0.1) is 5.41 Å². The number of carboxylic acids is 1. The van der Waals surface area contributed by atoms with Crippen molar-refractivity contribution in [3.05, 3.63) is 23.8 Å². The van der Waals surface area contributed by atoms with Crippen LogP contribution < -0.4 is 10.6 Å². The molecule has 2 rings (SSSR count). The minimum atomic E-state index is -0.974. The van der Waals surface area contributed by atoms with E-state index in [9.17, 15) is 4.79 Å². The van der Waals surface area contributed by atoms with Crippen molar-refractivity contribution in [2.24, 2.45) is 5.41 Å². The number of rotatable bonds is 2. The van der Waals surface area contributed by atoms with Crippen molar-refractivity contribution in [1.82, 2.24) is 0 Å². The fourth-order valence-corrected chi connectivity index (χ4v) is 2.59. The first kappa shape index (κ1) is 12.7. The maximum absolute atomic E-state index is 10.9. The molecule has 0 aromatic heterocycles. The van der Waals surface area contributed by atoms with Crippen molar-refractivity contribution in [3.63, 3.8) is 0 Å². The Balaban J connectivity index is 2.24. The molecule has 0 spiro atoms. The average Bonchev–Trinajstić information content (AvgIpc) is 2.27. The molecule has 1 aliphatic rings. The van der Waals surface area contributed by atoms with Crippen molar-refractivity contribution in [1.29, 1.82) is 0 Å². The average molecular weight is 248 g/mol. The summed E-state index contributed by atoms with van der Waals surface area (Å²) in [5.74, 6) is -0.974. The maximum Gasteiger partial charge on any atom is 0.337 e. The van der Waals surface area contributed by atoms with Gasteiger partial charge in [0.15, 0.2) is 0 Å². The molecule has 0 bridgehead atoms. The normalized spacial score (nSPS) is 18.7. The predicted molar refractivity (Wildman–Crippen MR) is 73.0 cm³/mol. The third-order valence-electron chi connectivity index (χ3n) is 3.53. The molecule has 4 nitrogen and oxygen atoms in total. The number of hydrogen-bond acceptors (Lipinski definition) is 3. The number of piperidine rings is 1. The SMILES string of the molecule is CC1(C)CCCN(c2ccc(C(=O)O)c(N)c2)C1. The van der Waals surface area contributed by atoms with Gasteiger partial charge in [-0.1, -0.05) is 13.8 Å². The van der Waals surface area contributed by atoms with Crippen LogP contribution in [-0.2, 0) is 0 Å².